The first kappa shape index (κ1) is 14.3. The molecule has 1 aliphatic heterocycles. The number of nitrogens with zero attached hydrogens (tertiary/aromatic N) is 1. The summed E-state index contributed by atoms with van der Waals surface area (Å²) in [6, 6.07) is 5.46. The third-order valence-corrected chi connectivity index (χ3v) is 3.45. The highest BCUT2D eigenvalue weighted by Gasteiger charge is 2.14. The lowest BCUT2D eigenvalue weighted by Gasteiger charge is -2.23. The van der Waals surface area contributed by atoms with Gasteiger partial charge < -0.3 is 15.5 Å². The summed E-state index contributed by atoms with van der Waals surface area (Å²) < 4.78 is 14.0. The molecule has 1 aromatic rings. The van der Waals surface area contributed by atoms with Gasteiger partial charge in [0.25, 0.3) is 0 Å². The topological polar surface area (TPSA) is 27.3 Å². The van der Waals surface area contributed by atoms with Gasteiger partial charge in [-0.25, -0.2) is 4.39 Å². The van der Waals surface area contributed by atoms with Crippen molar-refractivity contribution in [3.05, 3.63) is 29.6 Å². The van der Waals surface area contributed by atoms with Gasteiger partial charge in [0, 0.05) is 26.2 Å². The van der Waals surface area contributed by atoms with Crippen LogP contribution in [0, 0.1) is 5.82 Å². The van der Waals surface area contributed by atoms with E-state index in [4.69, 9.17) is 0 Å². The summed E-state index contributed by atoms with van der Waals surface area (Å²) in [6.45, 7) is 7.72. The zero-order valence-electron chi connectivity index (χ0n) is 11.7. The van der Waals surface area contributed by atoms with Gasteiger partial charge in [-0.3, -0.25) is 0 Å². The molecule has 1 aromatic carbocycles. The van der Waals surface area contributed by atoms with Crippen molar-refractivity contribution < 1.29 is 4.39 Å². The second-order valence-electron chi connectivity index (χ2n) is 5.05. The number of rotatable bonds is 5. The van der Waals surface area contributed by atoms with Gasteiger partial charge in [-0.1, -0.05) is 13.0 Å². The van der Waals surface area contributed by atoms with Gasteiger partial charge in [0.1, 0.15) is 5.82 Å². The summed E-state index contributed by atoms with van der Waals surface area (Å²) in [5, 5.41) is 6.71. The van der Waals surface area contributed by atoms with Gasteiger partial charge in [-0.05, 0) is 43.6 Å². The van der Waals surface area contributed by atoms with Crippen LogP contribution in [0.25, 0.3) is 0 Å². The first-order valence-electron chi connectivity index (χ1n) is 7.26. The Hall–Kier alpha value is -1.13. The minimum absolute atomic E-state index is 0.110. The molecule has 3 nitrogen and oxygen atoms in total. The van der Waals surface area contributed by atoms with E-state index in [-0.39, 0.29) is 5.82 Å². The Morgan fingerprint density at radius 3 is 3.05 bits per heavy atom. The Morgan fingerprint density at radius 2 is 2.21 bits per heavy atom. The van der Waals surface area contributed by atoms with Crippen molar-refractivity contribution in [3.63, 3.8) is 0 Å². The minimum atomic E-state index is -0.110. The van der Waals surface area contributed by atoms with E-state index >= 15 is 0 Å². The molecule has 0 aliphatic carbocycles. The monoisotopic (exact) mass is 265 g/mol. The molecule has 106 valence electrons. The van der Waals surface area contributed by atoms with Crippen LogP contribution in [0.5, 0.6) is 0 Å². The maximum absolute atomic E-state index is 14.0. The number of benzene rings is 1. The molecule has 0 unspecified atom stereocenters. The van der Waals surface area contributed by atoms with Crippen LogP contribution in [0.2, 0.25) is 0 Å². The van der Waals surface area contributed by atoms with Gasteiger partial charge in [-0.15, -0.1) is 0 Å². The van der Waals surface area contributed by atoms with E-state index in [1.54, 1.807) is 6.07 Å². The lowest BCUT2D eigenvalue weighted by atomic mass is 10.1. The summed E-state index contributed by atoms with van der Waals surface area (Å²) in [6.07, 6.45) is 2.18. The second kappa shape index (κ2) is 7.46. The predicted molar refractivity (Wildman–Crippen MR) is 78.1 cm³/mol. The lowest BCUT2D eigenvalue weighted by Crippen LogP contribution is -2.28. The van der Waals surface area contributed by atoms with Crippen molar-refractivity contribution in [2.75, 3.05) is 37.6 Å². The Morgan fingerprint density at radius 1 is 1.32 bits per heavy atom. The number of nitrogens with one attached hydrogen (secondary N) is 2. The SMILES string of the molecule is CCCNCc1ccc(F)c(N2CCCNCC2)c1. The van der Waals surface area contributed by atoms with E-state index in [0.29, 0.717) is 0 Å². The fourth-order valence-corrected chi connectivity index (χ4v) is 2.41. The number of halogens is 1. The molecule has 0 radical (unpaired) electrons. The maximum Gasteiger partial charge on any atom is 0.146 e. The number of anilines is 1. The first-order chi connectivity index (χ1) is 9.31. The van der Waals surface area contributed by atoms with E-state index < -0.39 is 0 Å². The highest BCUT2D eigenvalue weighted by atomic mass is 19.1. The fourth-order valence-electron chi connectivity index (χ4n) is 2.41. The van der Waals surface area contributed by atoms with Crippen LogP contribution < -0.4 is 15.5 Å². The summed E-state index contributed by atoms with van der Waals surface area (Å²) >= 11 is 0. The molecule has 19 heavy (non-hydrogen) atoms. The van der Waals surface area contributed by atoms with Gasteiger partial charge in [0.2, 0.25) is 0 Å². The van der Waals surface area contributed by atoms with Crippen LogP contribution in [0.15, 0.2) is 18.2 Å². The van der Waals surface area contributed by atoms with E-state index in [1.165, 1.54) is 0 Å². The molecule has 2 rings (SSSR count). The molecule has 0 aromatic heterocycles. The second-order valence-corrected chi connectivity index (χ2v) is 5.05. The molecule has 0 atom stereocenters. The van der Waals surface area contributed by atoms with Gasteiger partial charge in [-0.2, -0.15) is 0 Å². The Labute approximate surface area is 115 Å². The molecular formula is C15H24FN3. The van der Waals surface area contributed by atoms with E-state index in [0.717, 1.165) is 63.4 Å². The van der Waals surface area contributed by atoms with Crippen molar-refractivity contribution in [1.29, 1.82) is 0 Å². The molecule has 0 amide bonds. The maximum atomic E-state index is 14.0. The molecule has 1 fully saturated rings. The highest BCUT2D eigenvalue weighted by Crippen LogP contribution is 2.21. The zero-order valence-corrected chi connectivity index (χ0v) is 11.7. The van der Waals surface area contributed by atoms with Crippen LogP contribution in [0.4, 0.5) is 10.1 Å². The Kier molecular flexibility index (Phi) is 5.61. The number of hydrogen-bond donors (Lipinski definition) is 2. The largest absolute Gasteiger partial charge is 0.368 e. The Bertz CT molecular complexity index is 387. The minimum Gasteiger partial charge on any atom is -0.368 e. The van der Waals surface area contributed by atoms with Crippen LogP contribution in [-0.4, -0.2) is 32.7 Å². The number of hydrogen-bond acceptors (Lipinski definition) is 3. The third kappa shape index (κ3) is 4.18. The predicted octanol–water partition coefficient (Wildman–Crippen LogP) is 2.12. The fraction of sp³-hybridized carbons (Fsp3) is 0.600. The van der Waals surface area contributed by atoms with Crippen LogP contribution in [0.1, 0.15) is 25.3 Å². The molecule has 1 aliphatic rings. The average molecular weight is 265 g/mol. The summed E-state index contributed by atoms with van der Waals surface area (Å²) in [5.41, 5.74) is 1.90. The molecule has 0 bridgehead atoms. The van der Waals surface area contributed by atoms with E-state index in [9.17, 15) is 4.39 Å². The van der Waals surface area contributed by atoms with E-state index in [2.05, 4.69) is 22.5 Å². The average Bonchev–Trinajstić information content (AvgIpc) is 2.70. The molecular weight excluding hydrogens is 241 g/mol. The van der Waals surface area contributed by atoms with Crippen molar-refractivity contribution in [3.8, 4) is 0 Å². The summed E-state index contributed by atoms with van der Waals surface area (Å²) in [7, 11) is 0. The molecule has 4 heteroatoms. The molecule has 2 N–H and O–H groups in total. The highest BCUT2D eigenvalue weighted by molar-refractivity contribution is 5.50. The zero-order chi connectivity index (χ0) is 13.5. The normalized spacial score (nSPS) is 16.4. The van der Waals surface area contributed by atoms with Gasteiger partial charge in [0.15, 0.2) is 0 Å². The van der Waals surface area contributed by atoms with Gasteiger partial charge >= 0.3 is 0 Å². The Balaban J connectivity index is 2.06. The van der Waals surface area contributed by atoms with Crippen molar-refractivity contribution in [1.82, 2.24) is 10.6 Å². The van der Waals surface area contributed by atoms with Gasteiger partial charge in [0.05, 0.1) is 5.69 Å². The third-order valence-electron chi connectivity index (χ3n) is 3.45. The standard InChI is InChI=1S/C15H24FN3/c1-2-6-18-12-13-4-5-14(16)15(11-13)19-9-3-7-17-8-10-19/h4-5,11,17-18H,2-3,6-10,12H2,1H3. The first-order valence-corrected chi connectivity index (χ1v) is 7.26. The van der Waals surface area contributed by atoms with Crippen LogP contribution in [0.3, 0.4) is 0 Å². The lowest BCUT2D eigenvalue weighted by molar-refractivity contribution is 0.615. The summed E-state index contributed by atoms with van der Waals surface area (Å²) in [5.74, 6) is -0.110. The molecule has 1 heterocycles. The smallest absolute Gasteiger partial charge is 0.146 e. The van der Waals surface area contributed by atoms with Crippen LogP contribution >= 0.6 is 0 Å². The van der Waals surface area contributed by atoms with E-state index in [1.807, 2.05) is 12.1 Å². The van der Waals surface area contributed by atoms with Crippen molar-refractivity contribution in [2.24, 2.45) is 0 Å². The van der Waals surface area contributed by atoms with Crippen molar-refractivity contribution in [2.45, 2.75) is 26.3 Å². The molecule has 1 saturated heterocycles. The van der Waals surface area contributed by atoms with Crippen LogP contribution in [-0.2, 0) is 6.54 Å². The summed E-state index contributed by atoms with van der Waals surface area (Å²) in [4.78, 5) is 2.15. The van der Waals surface area contributed by atoms with Crippen molar-refractivity contribution >= 4 is 5.69 Å². The molecule has 0 saturated carbocycles. The molecule has 0 spiro atoms. The quantitative estimate of drug-likeness (QED) is 0.799.